The normalized spacial score (nSPS) is 12.6. The molecule has 0 aromatic heterocycles. The molecule has 0 bridgehead atoms. The van der Waals surface area contributed by atoms with Crippen LogP contribution in [0.4, 0.5) is 0 Å². The van der Waals surface area contributed by atoms with E-state index < -0.39 is 6.04 Å². The molecule has 0 aliphatic rings. The van der Waals surface area contributed by atoms with Gasteiger partial charge in [-0.1, -0.05) is 23.2 Å². The topological polar surface area (TPSA) is 55.5 Å². The van der Waals surface area contributed by atoms with Crippen LogP contribution in [-0.2, 0) is 0 Å². The number of ether oxygens (including phenoxy) is 1. The highest BCUT2D eigenvalue weighted by Gasteiger charge is 2.12. The minimum Gasteiger partial charge on any atom is -0.495 e. The Morgan fingerprint density at radius 3 is 2.57 bits per heavy atom. The maximum atomic E-state index is 8.87. The summed E-state index contributed by atoms with van der Waals surface area (Å²) in [6.45, 7) is -0.178. The molecule has 0 radical (unpaired) electrons. The molecular weight excluding hydrogens is 225 g/mol. The van der Waals surface area contributed by atoms with Crippen molar-refractivity contribution in [1.29, 1.82) is 0 Å². The lowest BCUT2D eigenvalue weighted by atomic mass is 10.1. The summed E-state index contributed by atoms with van der Waals surface area (Å²) in [5.41, 5.74) is 6.23. The van der Waals surface area contributed by atoms with Crippen LogP contribution < -0.4 is 10.5 Å². The molecule has 3 N–H and O–H groups in total. The molecule has 0 saturated carbocycles. The third kappa shape index (κ3) is 2.30. The zero-order valence-electron chi connectivity index (χ0n) is 7.63. The first-order valence-electron chi connectivity index (χ1n) is 3.99. The Labute approximate surface area is 92.4 Å². The van der Waals surface area contributed by atoms with Gasteiger partial charge in [0.15, 0.2) is 0 Å². The van der Waals surface area contributed by atoms with E-state index in [0.717, 1.165) is 0 Å². The molecule has 1 unspecified atom stereocenters. The van der Waals surface area contributed by atoms with Crippen LogP contribution in [0.15, 0.2) is 12.1 Å². The minimum atomic E-state index is -0.522. The highest BCUT2D eigenvalue weighted by Crippen LogP contribution is 2.33. The highest BCUT2D eigenvalue weighted by atomic mass is 35.5. The number of aliphatic hydroxyl groups excluding tert-OH is 1. The van der Waals surface area contributed by atoms with Gasteiger partial charge in [0, 0.05) is 11.1 Å². The summed E-state index contributed by atoms with van der Waals surface area (Å²) < 4.78 is 4.97. The third-order valence-electron chi connectivity index (χ3n) is 1.87. The summed E-state index contributed by atoms with van der Waals surface area (Å²) in [5.74, 6) is 0.491. The van der Waals surface area contributed by atoms with Crippen LogP contribution in [0.1, 0.15) is 11.6 Å². The summed E-state index contributed by atoms with van der Waals surface area (Å²) in [6, 6.07) is 2.66. The zero-order chi connectivity index (χ0) is 10.7. The summed E-state index contributed by atoms with van der Waals surface area (Å²) in [6.07, 6.45) is 0. The Bertz CT molecular complexity index is 331. The largest absolute Gasteiger partial charge is 0.495 e. The average Bonchev–Trinajstić information content (AvgIpc) is 2.19. The van der Waals surface area contributed by atoms with Gasteiger partial charge in [-0.15, -0.1) is 0 Å². The zero-order valence-corrected chi connectivity index (χ0v) is 9.14. The molecule has 0 aliphatic heterocycles. The lowest BCUT2D eigenvalue weighted by Gasteiger charge is -2.13. The fourth-order valence-corrected chi connectivity index (χ4v) is 1.63. The number of nitrogens with two attached hydrogens (primary N) is 1. The lowest BCUT2D eigenvalue weighted by Crippen LogP contribution is -2.15. The van der Waals surface area contributed by atoms with Gasteiger partial charge >= 0.3 is 0 Å². The van der Waals surface area contributed by atoms with E-state index in [9.17, 15) is 0 Å². The Balaban J connectivity index is 3.14. The van der Waals surface area contributed by atoms with E-state index in [2.05, 4.69) is 0 Å². The molecule has 5 heteroatoms. The molecule has 0 heterocycles. The SMILES string of the molecule is COc1cc(Cl)c(C(N)CO)cc1Cl. The van der Waals surface area contributed by atoms with Gasteiger partial charge in [-0.05, 0) is 11.6 Å². The molecule has 1 aromatic rings. The first kappa shape index (κ1) is 11.6. The molecule has 3 nitrogen and oxygen atoms in total. The van der Waals surface area contributed by atoms with E-state index in [-0.39, 0.29) is 6.61 Å². The first-order chi connectivity index (χ1) is 6.60. The molecule has 78 valence electrons. The van der Waals surface area contributed by atoms with E-state index in [1.807, 2.05) is 0 Å². The second-order valence-electron chi connectivity index (χ2n) is 2.80. The van der Waals surface area contributed by atoms with Crippen molar-refractivity contribution in [2.45, 2.75) is 6.04 Å². The van der Waals surface area contributed by atoms with Crippen LogP contribution in [0.25, 0.3) is 0 Å². The second-order valence-corrected chi connectivity index (χ2v) is 3.61. The predicted octanol–water partition coefficient (Wildman–Crippen LogP) is 1.99. The maximum Gasteiger partial charge on any atom is 0.138 e. The Kier molecular flexibility index (Phi) is 4.01. The summed E-state index contributed by atoms with van der Waals surface area (Å²) in [5, 5.41) is 9.74. The van der Waals surface area contributed by atoms with Crippen molar-refractivity contribution in [2.75, 3.05) is 13.7 Å². The van der Waals surface area contributed by atoms with Crippen molar-refractivity contribution >= 4 is 23.2 Å². The van der Waals surface area contributed by atoms with Crippen LogP contribution in [0, 0.1) is 0 Å². The smallest absolute Gasteiger partial charge is 0.138 e. The first-order valence-corrected chi connectivity index (χ1v) is 4.75. The van der Waals surface area contributed by atoms with Gasteiger partial charge in [-0.2, -0.15) is 0 Å². The van der Waals surface area contributed by atoms with E-state index in [1.54, 1.807) is 12.1 Å². The predicted molar refractivity (Wildman–Crippen MR) is 57.0 cm³/mol. The fourth-order valence-electron chi connectivity index (χ4n) is 1.08. The van der Waals surface area contributed by atoms with E-state index in [4.69, 9.17) is 38.8 Å². The molecular formula is C9H11Cl2NO2. The summed E-state index contributed by atoms with van der Waals surface area (Å²) in [4.78, 5) is 0. The number of rotatable bonds is 3. The molecule has 1 atom stereocenters. The number of benzene rings is 1. The molecule has 1 rings (SSSR count). The van der Waals surface area contributed by atoms with Gasteiger partial charge in [0.2, 0.25) is 0 Å². The molecule has 14 heavy (non-hydrogen) atoms. The Morgan fingerprint density at radius 1 is 1.43 bits per heavy atom. The standard InChI is InChI=1S/C9H11Cl2NO2/c1-14-9-3-6(10)5(2-7(9)11)8(12)4-13/h2-3,8,13H,4,12H2,1H3. The number of hydrogen-bond acceptors (Lipinski definition) is 3. The van der Waals surface area contributed by atoms with Gasteiger partial charge in [-0.25, -0.2) is 0 Å². The van der Waals surface area contributed by atoms with Crippen molar-refractivity contribution in [3.63, 3.8) is 0 Å². The third-order valence-corrected chi connectivity index (χ3v) is 2.49. The van der Waals surface area contributed by atoms with Gasteiger partial charge < -0.3 is 15.6 Å². The molecule has 0 spiro atoms. The number of aliphatic hydroxyl groups is 1. The fraction of sp³-hybridized carbons (Fsp3) is 0.333. The van der Waals surface area contributed by atoms with Gasteiger partial charge in [0.25, 0.3) is 0 Å². The quantitative estimate of drug-likeness (QED) is 0.843. The molecule has 1 aromatic carbocycles. The lowest BCUT2D eigenvalue weighted by molar-refractivity contribution is 0.268. The number of hydrogen-bond donors (Lipinski definition) is 2. The van der Waals surface area contributed by atoms with Crippen LogP contribution >= 0.6 is 23.2 Å². The van der Waals surface area contributed by atoms with E-state index >= 15 is 0 Å². The highest BCUT2D eigenvalue weighted by molar-refractivity contribution is 6.34. The van der Waals surface area contributed by atoms with E-state index in [0.29, 0.717) is 21.4 Å². The van der Waals surface area contributed by atoms with Gasteiger partial charge in [0.1, 0.15) is 5.75 Å². The van der Waals surface area contributed by atoms with Crippen molar-refractivity contribution in [2.24, 2.45) is 5.73 Å². The van der Waals surface area contributed by atoms with Gasteiger partial charge in [-0.3, -0.25) is 0 Å². The van der Waals surface area contributed by atoms with Crippen LogP contribution in [-0.4, -0.2) is 18.8 Å². The van der Waals surface area contributed by atoms with Gasteiger partial charge in [0.05, 0.1) is 24.8 Å². The maximum absolute atomic E-state index is 8.87. The molecule has 0 aliphatic carbocycles. The molecule has 0 fully saturated rings. The Morgan fingerprint density at radius 2 is 2.07 bits per heavy atom. The van der Waals surface area contributed by atoms with Crippen molar-refractivity contribution in [3.8, 4) is 5.75 Å². The average molecular weight is 236 g/mol. The minimum absolute atomic E-state index is 0.178. The monoisotopic (exact) mass is 235 g/mol. The Hall–Kier alpha value is -0.480. The van der Waals surface area contributed by atoms with Crippen molar-refractivity contribution in [1.82, 2.24) is 0 Å². The van der Waals surface area contributed by atoms with Crippen molar-refractivity contribution < 1.29 is 9.84 Å². The molecule has 0 amide bonds. The van der Waals surface area contributed by atoms with Crippen molar-refractivity contribution in [3.05, 3.63) is 27.7 Å². The van der Waals surface area contributed by atoms with Crippen LogP contribution in [0.3, 0.4) is 0 Å². The number of halogens is 2. The van der Waals surface area contributed by atoms with Crippen LogP contribution in [0.5, 0.6) is 5.75 Å². The molecule has 0 saturated heterocycles. The second kappa shape index (κ2) is 4.84. The summed E-state index contributed by atoms with van der Waals surface area (Å²) >= 11 is 11.8. The summed E-state index contributed by atoms with van der Waals surface area (Å²) in [7, 11) is 1.50. The van der Waals surface area contributed by atoms with E-state index in [1.165, 1.54) is 7.11 Å². The number of methoxy groups -OCH3 is 1. The van der Waals surface area contributed by atoms with Crippen LogP contribution in [0.2, 0.25) is 10.0 Å².